The van der Waals surface area contributed by atoms with Crippen molar-refractivity contribution in [2.75, 3.05) is 6.54 Å². The number of aromatic amines is 1. The summed E-state index contributed by atoms with van der Waals surface area (Å²) in [4.78, 5) is 44.5. The number of likely N-dealkylation sites (tertiary alicyclic amines) is 1. The third kappa shape index (κ3) is 4.00. The molecule has 3 aromatic rings. The van der Waals surface area contributed by atoms with Crippen LogP contribution in [-0.4, -0.2) is 33.2 Å². The zero-order chi connectivity index (χ0) is 21.1. The van der Waals surface area contributed by atoms with Gasteiger partial charge < -0.3 is 15.6 Å². The van der Waals surface area contributed by atoms with Crippen molar-refractivity contribution in [2.45, 2.75) is 25.3 Å². The Bertz CT molecular complexity index is 1100. The summed E-state index contributed by atoms with van der Waals surface area (Å²) in [6.07, 6.45) is 6.12. The molecule has 2 aromatic heterocycles. The highest BCUT2D eigenvalue weighted by Gasteiger charge is 2.29. The van der Waals surface area contributed by atoms with Gasteiger partial charge in [0.15, 0.2) is 0 Å². The number of hydrogen-bond donors (Lipinski definition) is 2. The maximum atomic E-state index is 13.0. The van der Waals surface area contributed by atoms with Gasteiger partial charge in [0.2, 0.25) is 11.5 Å². The lowest BCUT2D eigenvalue weighted by atomic mass is 9.95. The normalized spacial score (nSPS) is 16.3. The Labute approximate surface area is 173 Å². The number of amides is 2. The number of carbonyl (C=O) groups is 2. The minimum absolute atomic E-state index is 0.0584. The Morgan fingerprint density at radius 2 is 1.77 bits per heavy atom. The number of nitrogens with two attached hydrogens (primary N) is 1. The molecule has 30 heavy (non-hydrogen) atoms. The van der Waals surface area contributed by atoms with Gasteiger partial charge in [-0.25, -0.2) is 0 Å². The van der Waals surface area contributed by atoms with Crippen molar-refractivity contribution in [3.05, 3.63) is 88.0 Å². The summed E-state index contributed by atoms with van der Waals surface area (Å²) >= 11 is 0. The molecule has 1 aromatic carbocycles. The van der Waals surface area contributed by atoms with Gasteiger partial charge in [-0.2, -0.15) is 0 Å². The number of aromatic nitrogens is 2. The molecule has 1 aliphatic heterocycles. The van der Waals surface area contributed by atoms with Crippen molar-refractivity contribution < 1.29 is 9.59 Å². The molecule has 1 unspecified atom stereocenters. The van der Waals surface area contributed by atoms with Crippen LogP contribution in [0.3, 0.4) is 0 Å². The van der Waals surface area contributed by atoms with Gasteiger partial charge in [-0.05, 0) is 49.1 Å². The lowest BCUT2D eigenvalue weighted by Crippen LogP contribution is -2.38. The molecule has 3 heterocycles. The highest BCUT2D eigenvalue weighted by molar-refractivity contribution is 5.94. The zero-order valence-electron chi connectivity index (χ0n) is 16.4. The van der Waals surface area contributed by atoms with Crippen LogP contribution >= 0.6 is 0 Å². The largest absolute Gasteiger partial charge is 0.366 e. The molecule has 1 fully saturated rings. The molecule has 7 heteroatoms. The molecule has 152 valence electrons. The van der Waals surface area contributed by atoms with Gasteiger partial charge in [-0.1, -0.05) is 18.2 Å². The quantitative estimate of drug-likeness (QED) is 0.699. The van der Waals surface area contributed by atoms with Crippen LogP contribution in [0.25, 0.3) is 11.3 Å². The van der Waals surface area contributed by atoms with Gasteiger partial charge in [-0.3, -0.25) is 19.4 Å². The van der Waals surface area contributed by atoms with E-state index in [-0.39, 0.29) is 17.5 Å². The van der Waals surface area contributed by atoms with E-state index in [1.807, 2.05) is 29.2 Å². The fourth-order valence-electron chi connectivity index (χ4n) is 3.81. The standard InChI is InChI=1S/C23H22N4O3/c24-22(29)16-6-4-15(5-7-16)19-10-8-17(13-25-19)20-3-1-2-12-27(20)23(30)18-9-11-21(28)26-14-18/h4-11,13-14,20H,1-3,12H2,(H2,24,29)(H,26,28). The van der Waals surface area contributed by atoms with Crippen LogP contribution in [-0.2, 0) is 0 Å². The predicted molar refractivity (Wildman–Crippen MR) is 113 cm³/mol. The fourth-order valence-corrected chi connectivity index (χ4v) is 3.81. The Morgan fingerprint density at radius 3 is 2.40 bits per heavy atom. The lowest BCUT2D eigenvalue weighted by Gasteiger charge is -2.36. The Balaban J connectivity index is 1.56. The molecule has 0 saturated carbocycles. The van der Waals surface area contributed by atoms with Crippen LogP contribution in [0, 0.1) is 0 Å². The third-order valence-electron chi connectivity index (χ3n) is 5.43. The van der Waals surface area contributed by atoms with Crippen LogP contribution in [0.1, 0.15) is 51.6 Å². The van der Waals surface area contributed by atoms with Gasteiger partial charge in [0.1, 0.15) is 0 Å². The SMILES string of the molecule is NC(=O)c1ccc(-c2ccc(C3CCCCN3C(=O)c3ccc(=O)[nH]c3)cn2)cc1. The summed E-state index contributed by atoms with van der Waals surface area (Å²) in [5.74, 6) is -0.559. The fraction of sp³-hybridized carbons (Fsp3) is 0.217. The number of benzene rings is 1. The highest BCUT2D eigenvalue weighted by Crippen LogP contribution is 2.32. The van der Waals surface area contributed by atoms with Crippen molar-refractivity contribution in [3.63, 3.8) is 0 Å². The lowest BCUT2D eigenvalue weighted by molar-refractivity contribution is 0.0610. The number of rotatable bonds is 4. The summed E-state index contributed by atoms with van der Waals surface area (Å²) in [5.41, 5.74) is 8.63. The van der Waals surface area contributed by atoms with Crippen LogP contribution in [0.15, 0.2) is 65.7 Å². The second kappa shape index (κ2) is 8.32. The minimum Gasteiger partial charge on any atom is -0.366 e. The molecule has 0 spiro atoms. The average molecular weight is 402 g/mol. The number of H-pyrrole nitrogens is 1. The Hall–Kier alpha value is -3.74. The van der Waals surface area contributed by atoms with E-state index in [1.54, 1.807) is 24.4 Å². The van der Waals surface area contributed by atoms with Gasteiger partial charge in [0, 0.05) is 36.1 Å². The molecular weight excluding hydrogens is 380 g/mol. The monoisotopic (exact) mass is 402 g/mol. The molecule has 3 N–H and O–H groups in total. The van der Waals surface area contributed by atoms with Crippen LogP contribution < -0.4 is 11.3 Å². The highest BCUT2D eigenvalue weighted by atomic mass is 16.2. The number of primary amides is 1. The van der Waals surface area contributed by atoms with Crippen molar-refractivity contribution in [2.24, 2.45) is 5.73 Å². The molecule has 0 aliphatic carbocycles. The van der Waals surface area contributed by atoms with E-state index in [9.17, 15) is 14.4 Å². The van der Waals surface area contributed by atoms with E-state index in [4.69, 9.17) is 5.73 Å². The third-order valence-corrected chi connectivity index (χ3v) is 5.43. The Kier molecular flexibility index (Phi) is 5.43. The van der Waals surface area contributed by atoms with E-state index >= 15 is 0 Å². The number of piperidine rings is 1. The molecule has 1 aliphatic rings. The van der Waals surface area contributed by atoms with Crippen LogP contribution in [0.4, 0.5) is 0 Å². The Morgan fingerprint density at radius 1 is 1.00 bits per heavy atom. The maximum Gasteiger partial charge on any atom is 0.255 e. The second-order valence-corrected chi connectivity index (χ2v) is 7.37. The molecule has 4 rings (SSSR count). The number of carbonyl (C=O) groups excluding carboxylic acids is 2. The minimum atomic E-state index is -0.464. The smallest absolute Gasteiger partial charge is 0.255 e. The average Bonchev–Trinajstić information content (AvgIpc) is 2.79. The summed E-state index contributed by atoms with van der Waals surface area (Å²) in [7, 11) is 0. The summed E-state index contributed by atoms with van der Waals surface area (Å²) < 4.78 is 0. The molecule has 1 atom stereocenters. The number of hydrogen-bond acceptors (Lipinski definition) is 4. The van der Waals surface area contributed by atoms with Crippen molar-refractivity contribution in [1.29, 1.82) is 0 Å². The molecule has 2 amide bonds. The predicted octanol–water partition coefficient (Wildman–Crippen LogP) is 2.90. The topological polar surface area (TPSA) is 109 Å². The first-order chi connectivity index (χ1) is 14.5. The van der Waals surface area contributed by atoms with Gasteiger partial charge in [-0.15, -0.1) is 0 Å². The van der Waals surface area contributed by atoms with Crippen LogP contribution in [0.5, 0.6) is 0 Å². The zero-order valence-corrected chi connectivity index (χ0v) is 16.4. The molecule has 0 bridgehead atoms. The first-order valence-electron chi connectivity index (χ1n) is 9.89. The molecular formula is C23H22N4O3. The van der Waals surface area contributed by atoms with Crippen molar-refractivity contribution in [1.82, 2.24) is 14.9 Å². The van der Waals surface area contributed by atoms with E-state index < -0.39 is 5.91 Å². The number of nitrogens with one attached hydrogen (secondary N) is 1. The maximum absolute atomic E-state index is 13.0. The summed E-state index contributed by atoms with van der Waals surface area (Å²) in [6.45, 7) is 0.666. The van der Waals surface area contributed by atoms with Gasteiger partial charge in [0.25, 0.3) is 5.91 Å². The van der Waals surface area contributed by atoms with E-state index in [1.165, 1.54) is 12.3 Å². The van der Waals surface area contributed by atoms with Crippen molar-refractivity contribution in [3.8, 4) is 11.3 Å². The second-order valence-electron chi connectivity index (χ2n) is 7.37. The summed E-state index contributed by atoms with van der Waals surface area (Å²) in [5, 5.41) is 0. The van der Waals surface area contributed by atoms with E-state index in [0.29, 0.717) is 17.7 Å². The van der Waals surface area contributed by atoms with E-state index in [0.717, 1.165) is 36.1 Å². The molecule has 1 saturated heterocycles. The van der Waals surface area contributed by atoms with Crippen LogP contribution in [0.2, 0.25) is 0 Å². The number of pyridine rings is 2. The van der Waals surface area contributed by atoms with E-state index in [2.05, 4.69) is 9.97 Å². The number of nitrogens with zero attached hydrogens (tertiary/aromatic N) is 2. The molecule has 0 radical (unpaired) electrons. The first kappa shape index (κ1) is 19.6. The van der Waals surface area contributed by atoms with Gasteiger partial charge >= 0.3 is 0 Å². The van der Waals surface area contributed by atoms with Gasteiger partial charge in [0.05, 0.1) is 17.3 Å². The molecule has 7 nitrogen and oxygen atoms in total. The summed E-state index contributed by atoms with van der Waals surface area (Å²) in [6, 6.07) is 13.8. The van der Waals surface area contributed by atoms with Crippen molar-refractivity contribution >= 4 is 11.8 Å². The first-order valence-corrected chi connectivity index (χ1v) is 9.89.